The number of carbonyl (C=O) groups is 1. The summed E-state index contributed by atoms with van der Waals surface area (Å²) in [6.45, 7) is 5.50. The highest BCUT2D eigenvalue weighted by atomic mass is 16.5. The smallest absolute Gasteiger partial charge is 0.223 e. The highest BCUT2D eigenvalue weighted by Gasteiger charge is 2.33. The van der Waals surface area contributed by atoms with Gasteiger partial charge in [0.05, 0.1) is 19.3 Å². The maximum absolute atomic E-state index is 12.4. The molecule has 2 unspecified atom stereocenters. The van der Waals surface area contributed by atoms with E-state index in [0.717, 1.165) is 24.3 Å². The molecule has 1 saturated heterocycles. The van der Waals surface area contributed by atoms with Gasteiger partial charge in [-0.3, -0.25) is 4.79 Å². The lowest BCUT2D eigenvalue weighted by Crippen LogP contribution is -2.39. The molecule has 1 aliphatic heterocycles. The number of carbonyl (C=O) groups excluding carboxylic acids is 1. The largest absolute Gasteiger partial charge is 0.494 e. The molecule has 1 aliphatic rings. The second-order valence-electron chi connectivity index (χ2n) is 5.64. The molecule has 1 aromatic rings. The van der Waals surface area contributed by atoms with E-state index in [2.05, 4.69) is 6.92 Å². The van der Waals surface area contributed by atoms with E-state index in [1.54, 1.807) is 0 Å². The number of hydrogen-bond acceptors (Lipinski definition) is 3. The summed E-state index contributed by atoms with van der Waals surface area (Å²) in [5.74, 6) is 1.38. The lowest BCUT2D eigenvalue weighted by atomic mass is 10.0. The minimum atomic E-state index is -0.0142. The molecule has 2 atom stereocenters. The van der Waals surface area contributed by atoms with Gasteiger partial charge < -0.3 is 14.7 Å². The van der Waals surface area contributed by atoms with E-state index in [1.807, 2.05) is 36.1 Å². The number of aliphatic hydroxyl groups excluding tert-OH is 1. The summed E-state index contributed by atoms with van der Waals surface area (Å²) in [5, 5.41) is 9.44. The minimum absolute atomic E-state index is 0.0142. The van der Waals surface area contributed by atoms with E-state index >= 15 is 0 Å². The van der Waals surface area contributed by atoms with Crippen LogP contribution in [-0.2, 0) is 11.2 Å². The van der Waals surface area contributed by atoms with Crippen molar-refractivity contribution < 1.29 is 14.6 Å². The molecule has 4 nitrogen and oxygen atoms in total. The molecule has 1 amide bonds. The van der Waals surface area contributed by atoms with Gasteiger partial charge in [0, 0.05) is 13.0 Å². The van der Waals surface area contributed by atoms with Gasteiger partial charge in [-0.15, -0.1) is 0 Å². The predicted octanol–water partition coefficient (Wildman–Crippen LogP) is 2.25. The number of nitrogens with zero attached hydrogens (tertiary/aromatic N) is 1. The number of hydrogen-bond donors (Lipinski definition) is 1. The number of amides is 1. The van der Waals surface area contributed by atoms with Crippen LogP contribution in [0.3, 0.4) is 0 Å². The van der Waals surface area contributed by atoms with Gasteiger partial charge in [-0.25, -0.2) is 0 Å². The van der Waals surface area contributed by atoms with Crippen molar-refractivity contribution in [2.24, 2.45) is 5.92 Å². The van der Waals surface area contributed by atoms with Gasteiger partial charge in [0.2, 0.25) is 5.91 Å². The van der Waals surface area contributed by atoms with E-state index in [4.69, 9.17) is 4.74 Å². The average molecular weight is 291 g/mol. The second-order valence-corrected chi connectivity index (χ2v) is 5.64. The Balaban J connectivity index is 1.95. The Bertz CT molecular complexity index is 475. The first-order chi connectivity index (χ1) is 10.2. The molecule has 1 N–H and O–H groups in total. The molecule has 0 spiro atoms. The van der Waals surface area contributed by atoms with Gasteiger partial charge in [-0.1, -0.05) is 25.1 Å². The monoisotopic (exact) mass is 291 g/mol. The zero-order valence-electron chi connectivity index (χ0n) is 12.9. The molecule has 0 bridgehead atoms. The Morgan fingerprint density at radius 1 is 1.43 bits per heavy atom. The van der Waals surface area contributed by atoms with Crippen molar-refractivity contribution in [2.45, 2.75) is 39.2 Å². The third kappa shape index (κ3) is 3.76. The molecule has 2 rings (SSSR count). The fourth-order valence-electron chi connectivity index (χ4n) is 2.99. The van der Waals surface area contributed by atoms with Crippen molar-refractivity contribution in [1.29, 1.82) is 0 Å². The van der Waals surface area contributed by atoms with E-state index in [0.29, 0.717) is 25.4 Å². The molecule has 0 radical (unpaired) electrons. The number of benzene rings is 1. The van der Waals surface area contributed by atoms with Crippen LogP contribution in [0.2, 0.25) is 0 Å². The van der Waals surface area contributed by atoms with Crippen LogP contribution < -0.4 is 4.74 Å². The van der Waals surface area contributed by atoms with Crippen molar-refractivity contribution in [1.82, 2.24) is 4.90 Å². The number of rotatable bonds is 6. The molecule has 0 aromatic heterocycles. The van der Waals surface area contributed by atoms with E-state index in [-0.39, 0.29) is 18.6 Å². The molecule has 0 aliphatic carbocycles. The van der Waals surface area contributed by atoms with Crippen molar-refractivity contribution in [3.8, 4) is 5.75 Å². The standard InChI is InChI=1S/C17H25NO3/c1-3-21-16-7-5-4-6-14(16)8-9-17(20)18-11-10-13(2)15(18)12-19/h4-7,13,15,19H,3,8-12H2,1-2H3. The lowest BCUT2D eigenvalue weighted by Gasteiger charge is -2.25. The normalized spacial score (nSPS) is 21.6. The average Bonchev–Trinajstić information content (AvgIpc) is 2.87. The Morgan fingerprint density at radius 2 is 2.19 bits per heavy atom. The summed E-state index contributed by atoms with van der Waals surface area (Å²) >= 11 is 0. The minimum Gasteiger partial charge on any atom is -0.494 e. The van der Waals surface area contributed by atoms with Crippen molar-refractivity contribution in [2.75, 3.05) is 19.8 Å². The Kier molecular flexibility index (Phi) is 5.62. The van der Waals surface area contributed by atoms with Crippen molar-refractivity contribution >= 4 is 5.91 Å². The predicted molar refractivity (Wildman–Crippen MR) is 82.3 cm³/mol. The molecule has 4 heteroatoms. The van der Waals surface area contributed by atoms with Crippen LogP contribution >= 0.6 is 0 Å². The fourth-order valence-corrected chi connectivity index (χ4v) is 2.99. The van der Waals surface area contributed by atoms with Gasteiger partial charge in [0.1, 0.15) is 5.75 Å². The van der Waals surface area contributed by atoms with Gasteiger partial charge in [-0.05, 0) is 37.3 Å². The fraction of sp³-hybridized carbons (Fsp3) is 0.588. The SMILES string of the molecule is CCOc1ccccc1CCC(=O)N1CCC(C)C1CO. The molecule has 1 aromatic carbocycles. The number of likely N-dealkylation sites (tertiary alicyclic amines) is 1. The number of aliphatic hydroxyl groups is 1. The first-order valence-corrected chi connectivity index (χ1v) is 7.78. The first-order valence-electron chi connectivity index (χ1n) is 7.78. The lowest BCUT2D eigenvalue weighted by molar-refractivity contribution is -0.133. The molecule has 1 heterocycles. The van der Waals surface area contributed by atoms with Crippen LogP contribution in [0.5, 0.6) is 5.75 Å². The van der Waals surface area contributed by atoms with Crippen LogP contribution in [0.1, 0.15) is 32.3 Å². The summed E-state index contributed by atoms with van der Waals surface area (Å²) in [6.07, 6.45) is 2.12. The molecule has 116 valence electrons. The Labute approximate surface area is 126 Å². The van der Waals surface area contributed by atoms with Gasteiger partial charge in [-0.2, -0.15) is 0 Å². The summed E-state index contributed by atoms with van der Waals surface area (Å²) in [6, 6.07) is 7.85. The Morgan fingerprint density at radius 3 is 2.90 bits per heavy atom. The topological polar surface area (TPSA) is 49.8 Å². The number of para-hydroxylation sites is 1. The van der Waals surface area contributed by atoms with Crippen LogP contribution in [-0.4, -0.2) is 41.7 Å². The van der Waals surface area contributed by atoms with Gasteiger partial charge in [0.25, 0.3) is 0 Å². The van der Waals surface area contributed by atoms with Crippen molar-refractivity contribution in [3.05, 3.63) is 29.8 Å². The summed E-state index contributed by atoms with van der Waals surface area (Å²) in [4.78, 5) is 14.2. The maximum atomic E-state index is 12.4. The third-order valence-corrected chi connectivity index (χ3v) is 4.27. The molecule has 21 heavy (non-hydrogen) atoms. The first kappa shape index (κ1) is 15.8. The highest BCUT2D eigenvalue weighted by molar-refractivity contribution is 5.77. The zero-order valence-corrected chi connectivity index (χ0v) is 12.9. The Hall–Kier alpha value is -1.55. The molecular weight excluding hydrogens is 266 g/mol. The summed E-state index contributed by atoms with van der Waals surface area (Å²) < 4.78 is 5.59. The van der Waals surface area contributed by atoms with Gasteiger partial charge in [0.15, 0.2) is 0 Å². The van der Waals surface area contributed by atoms with Crippen molar-refractivity contribution in [3.63, 3.8) is 0 Å². The summed E-state index contributed by atoms with van der Waals surface area (Å²) in [5.41, 5.74) is 1.07. The van der Waals surface area contributed by atoms with E-state index in [1.165, 1.54) is 0 Å². The zero-order chi connectivity index (χ0) is 15.2. The van der Waals surface area contributed by atoms with Gasteiger partial charge >= 0.3 is 0 Å². The van der Waals surface area contributed by atoms with Crippen LogP contribution in [0.25, 0.3) is 0 Å². The maximum Gasteiger partial charge on any atom is 0.223 e. The number of aryl methyl sites for hydroxylation is 1. The second kappa shape index (κ2) is 7.46. The number of ether oxygens (including phenoxy) is 1. The van der Waals surface area contributed by atoms with E-state index in [9.17, 15) is 9.90 Å². The van der Waals surface area contributed by atoms with E-state index < -0.39 is 0 Å². The summed E-state index contributed by atoms with van der Waals surface area (Å²) in [7, 11) is 0. The molecular formula is C17H25NO3. The highest BCUT2D eigenvalue weighted by Crippen LogP contribution is 2.25. The third-order valence-electron chi connectivity index (χ3n) is 4.27. The van der Waals surface area contributed by atoms with Crippen LogP contribution in [0.4, 0.5) is 0 Å². The molecule has 1 fully saturated rings. The quantitative estimate of drug-likeness (QED) is 0.874. The van der Waals surface area contributed by atoms with Crippen LogP contribution in [0, 0.1) is 5.92 Å². The van der Waals surface area contributed by atoms with Crippen LogP contribution in [0.15, 0.2) is 24.3 Å². The molecule has 0 saturated carbocycles.